The molecule has 25 heavy (non-hydrogen) atoms. The third-order valence-electron chi connectivity index (χ3n) is 3.22. The average Bonchev–Trinajstić information content (AvgIpc) is 3.03. The zero-order chi connectivity index (χ0) is 17.8. The predicted molar refractivity (Wildman–Crippen MR) is 93.7 cm³/mol. The number of anilines is 1. The van der Waals surface area contributed by atoms with E-state index in [-0.39, 0.29) is 12.4 Å². The number of para-hydroxylation sites is 1. The van der Waals surface area contributed by atoms with Gasteiger partial charge in [0.15, 0.2) is 18.2 Å². The Kier molecular flexibility index (Phi) is 5.21. The molecule has 3 rings (SSSR count). The summed E-state index contributed by atoms with van der Waals surface area (Å²) < 4.78 is 20.1. The summed E-state index contributed by atoms with van der Waals surface area (Å²) in [6, 6.07) is 12.1. The van der Waals surface area contributed by atoms with Gasteiger partial charge in [-0.25, -0.2) is 9.07 Å². The Hall–Kier alpha value is -2.57. The Morgan fingerprint density at radius 1 is 1.16 bits per heavy atom. The highest BCUT2D eigenvalue weighted by Gasteiger charge is 2.11. The number of hydrogen-bond donors (Lipinski definition) is 1. The van der Waals surface area contributed by atoms with Crippen LogP contribution in [0, 0.1) is 5.82 Å². The molecule has 0 spiro atoms. The minimum Gasteiger partial charge on any atom is -0.468 e. The summed E-state index contributed by atoms with van der Waals surface area (Å²) >= 11 is 12.0. The van der Waals surface area contributed by atoms with Crippen LogP contribution in [-0.2, 0) is 6.73 Å². The van der Waals surface area contributed by atoms with Crippen molar-refractivity contribution in [2.24, 2.45) is 0 Å². The SMILES string of the molecule is O=C(Nc1cccc(F)c1)c1ccn(COc2c(Cl)cccc2Cl)n1. The van der Waals surface area contributed by atoms with Crippen molar-refractivity contribution in [1.82, 2.24) is 9.78 Å². The molecule has 1 amide bonds. The maximum atomic E-state index is 13.1. The lowest BCUT2D eigenvalue weighted by atomic mass is 10.3. The Bertz CT molecular complexity index is 894. The smallest absolute Gasteiger partial charge is 0.276 e. The normalized spacial score (nSPS) is 10.5. The maximum Gasteiger partial charge on any atom is 0.276 e. The van der Waals surface area contributed by atoms with E-state index in [9.17, 15) is 9.18 Å². The molecule has 0 aliphatic rings. The molecule has 0 radical (unpaired) electrons. The van der Waals surface area contributed by atoms with Crippen LogP contribution in [0.5, 0.6) is 5.75 Å². The van der Waals surface area contributed by atoms with Crippen LogP contribution in [-0.4, -0.2) is 15.7 Å². The van der Waals surface area contributed by atoms with Crippen molar-refractivity contribution in [3.05, 3.63) is 76.3 Å². The van der Waals surface area contributed by atoms with Crippen LogP contribution >= 0.6 is 23.2 Å². The van der Waals surface area contributed by atoms with Gasteiger partial charge < -0.3 is 10.1 Å². The molecule has 1 aromatic heterocycles. The number of carbonyl (C=O) groups excluding carboxylic acids is 1. The van der Waals surface area contributed by atoms with E-state index in [0.29, 0.717) is 21.5 Å². The minimum absolute atomic E-state index is 0.0245. The third kappa shape index (κ3) is 4.29. The van der Waals surface area contributed by atoms with Gasteiger partial charge in [-0.05, 0) is 36.4 Å². The number of ether oxygens (including phenoxy) is 1. The molecule has 0 atom stereocenters. The molecule has 5 nitrogen and oxygen atoms in total. The van der Waals surface area contributed by atoms with E-state index in [1.54, 1.807) is 30.5 Å². The number of hydrogen-bond acceptors (Lipinski definition) is 3. The summed E-state index contributed by atoms with van der Waals surface area (Å²) in [6.07, 6.45) is 1.57. The van der Waals surface area contributed by atoms with E-state index in [1.165, 1.54) is 28.9 Å². The van der Waals surface area contributed by atoms with Crippen LogP contribution in [0.25, 0.3) is 0 Å². The van der Waals surface area contributed by atoms with Crippen LogP contribution in [0.3, 0.4) is 0 Å². The van der Waals surface area contributed by atoms with Gasteiger partial charge in [0, 0.05) is 11.9 Å². The van der Waals surface area contributed by atoms with Crippen molar-refractivity contribution in [2.75, 3.05) is 5.32 Å². The first-order valence-corrected chi connectivity index (χ1v) is 7.96. The summed E-state index contributed by atoms with van der Waals surface area (Å²) in [5.41, 5.74) is 0.511. The lowest BCUT2D eigenvalue weighted by Crippen LogP contribution is -2.14. The second kappa shape index (κ2) is 7.55. The highest BCUT2D eigenvalue weighted by molar-refractivity contribution is 6.37. The number of rotatable bonds is 5. The van der Waals surface area contributed by atoms with Crippen LogP contribution in [0.2, 0.25) is 10.0 Å². The van der Waals surface area contributed by atoms with E-state index in [4.69, 9.17) is 27.9 Å². The quantitative estimate of drug-likeness (QED) is 0.703. The third-order valence-corrected chi connectivity index (χ3v) is 3.81. The highest BCUT2D eigenvalue weighted by atomic mass is 35.5. The molecule has 0 fully saturated rings. The number of amides is 1. The van der Waals surface area contributed by atoms with Gasteiger partial charge in [0.2, 0.25) is 0 Å². The molecule has 2 aromatic carbocycles. The van der Waals surface area contributed by atoms with Crippen molar-refractivity contribution in [2.45, 2.75) is 6.73 Å². The van der Waals surface area contributed by atoms with E-state index >= 15 is 0 Å². The molecule has 8 heteroatoms. The zero-order valence-corrected chi connectivity index (χ0v) is 14.3. The molecule has 0 unspecified atom stereocenters. The average molecular weight is 380 g/mol. The molecule has 0 saturated carbocycles. The lowest BCUT2D eigenvalue weighted by Gasteiger charge is -2.09. The first-order chi connectivity index (χ1) is 12.0. The second-order valence-electron chi connectivity index (χ2n) is 5.03. The fraction of sp³-hybridized carbons (Fsp3) is 0.0588. The molecule has 1 N–H and O–H groups in total. The molecule has 0 bridgehead atoms. The van der Waals surface area contributed by atoms with Gasteiger partial charge in [-0.15, -0.1) is 0 Å². The summed E-state index contributed by atoms with van der Waals surface area (Å²) in [7, 11) is 0. The first-order valence-electron chi connectivity index (χ1n) is 7.20. The molecule has 0 saturated heterocycles. The Labute approximate surface area is 152 Å². The minimum atomic E-state index is -0.458. The van der Waals surface area contributed by atoms with Crippen LogP contribution in [0.15, 0.2) is 54.7 Å². The van der Waals surface area contributed by atoms with E-state index < -0.39 is 11.7 Å². The number of aromatic nitrogens is 2. The first kappa shape index (κ1) is 17.3. The molecular weight excluding hydrogens is 368 g/mol. The zero-order valence-electron chi connectivity index (χ0n) is 12.7. The van der Waals surface area contributed by atoms with E-state index in [2.05, 4.69) is 10.4 Å². The van der Waals surface area contributed by atoms with Gasteiger partial charge in [-0.1, -0.05) is 35.3 Å². The Morgan fingerprint density at radius 2 is 1.88 bits per heavy atom. The number of nitrogens with one attached hydrogen (secondary N) is 1. The Balaban J connectivity index is 1.65. The second-order valence-corrected chi connectivity index (χ2v) is 5.84. The molecule has 0 aliphatic heterocycles. The topological polar surface area (TPSA) is 56.2 Å². The van der Waals surface area contributed by atoms with Gasteiger partial charge in [-0.2, -0.15) is 5.10 Å². The van der Waals surface area contributed by atoms with Crippen LogP contribution in [0.4, 0.5) is 10.1 Å². The van der Waals surface area contributed by atoms with Crippen molar-refractivity contribution in [3.63, 3.8) is 0 Å². The van der Waals surface area contributed by atoms with Gasteiger partial charge in [0.05, 0.1) is 10.0 Å². The van der Waals surface area contributed by atoms with Crippen molar-refractivity contribution >= 4 is 34.8 Å². The van der Waals surface area contributed by atoms with Gasteiger partial charge >= 0.3 is 0 Å². The van der Waals surface area contributed by atoms with Crippen molar-refractivity contribution in [3.8, 4) is 5.75 Å². The Morgan fingerprint density at radius 3 is 2.60 bits per heavy atom. The number of nitrogens with zero attached hydrogens (tertiary/aromatic N) is 2. The maximum absolute atomic E-state index is 13.1. The van der Waals surface area contributed by atoms with Gasteiger partial charge in [-0.3, -0.25) is 4.79 Å². The lowest BCUT2D eigenvalue weighted by molar-refractivity contribution is 0.102. The van der Waals surface area contributed by atoms with E-state index in [1.807, 2.05) is 0 Å². The summed E-state index contributed by atoms with van der Waals surface area (Å²) in [5.74, 6) is -0.555. The summed E-state index contributed by atoms with van der Waals surface area (Å²) in [6.45, 7) is 0.0245. The largest absolute Gasteiger partial charge is 0.468 e. The van der Waals surface area contributed by atoms with Gasteiger partial charge in [0.1, 0.15) is 5.82 Å². The molecular formula is C17H12Cl2FN3O2. The van der Waals surface area contributed by atoms with E-state index in [0.717, 1.165) is 0 Å². The number of halogens is 3. The summed E-state index contributed by atoms with van der Waals surface area (Å²) in [4.78, 5) is 12.1. The standard InChI is InChI=1S/C17H12Cl2FN3O2/c18-13-5-2-6-14(19)16(13)25-10-23-8-7-15(22-23)17(24)21-12-4-1-3-11(20)9-12/h1-9H,10H2,(H,21,24). The van der Waals surface area contributed by atoms with Crippen molar-refractivity contribution in [1.29, 1.82) is 0 Å². The van der Waals surface area contributed by atoms with Crippen LogP contribution in [0.1, 0.15) is 10.5 Å². The highest BCUT2D eigenvalue weighted by Crippen LogP contribution is 2.32. The molecule has 128 valence electrons. The van der Waals surface area contributed by atoms with Gasteiger partial charge in [0.25, 0.3) is 5.91 Å². The monoisotopic (exact) mass is 379 g/mol. The van der Waals surface area contributed by atoms with Crippen LogP contribution < -0.4 is 10.1 Å². The molecule has 1 heterocycles. The fourth-order valence-electron chi connectivity index (χ4n) is 2.07. The molecule has 3 aromatic rings. The van der Waals surface area contributed by atoms with Crippen molar-refractivity contribution < 1.29 is 13.9 Å². The predicted octanol–water partition coefficient (Wildman–Crippen LogP) is 4.62. The number of carbonyl (C=O) groups is 1. The number of benzene rings is 2. The fourth-order valence-corrected chi connectivity index (χ4v) is 2.57. The summed E-state index contributed by atoms with van der Waals surface area (Å²) in [5, 5.41) is 7.43. The molecule has 0 aliphatic carbocycles.